The van der Waals surface area contributed by atoms with Gasteiger partial charge in [0.25, 0.3) is 0 Å². The molecule has 0 saturated carbocycles. The Morgan fingerprint density at radius 3 is 2.88 bits per heavy atom. The summed E-state index contributed by atoms with van der Waals surface area (Å²) >= 11 is 3.42. The van der Waals surface area contributed by atoms with Crippen LogP contribution in [0.2, 0.25) is 0 Å². The van der Waals surface area contributed by atoms with E-state index < -0.39 is 0 Å². The summed E-state index contributed by atoms with van der Waals surface area (Å²) in [6.07, 6.45) is 1.46. The van der Waals surface area contributed by atoms with Gasteiger partial charge >= 0.3 is 0 Å². The van der Waals surface area contributed by atoms with Gasteiger partial charge in [-0.2, -0.15) is 0 Å². The zero-order valence-electron chi connectivity index (χ0n) is 9.45. The number of ether oxygens (including phenoxy) is 1. The van der Waals surface area contributed by atoms with Crippen LogP contribution in [0, 0.1) is 0 Å². The molecule has 1 rings (SSSR count). The van der Waals surface area contributed by atoms with E-state index in [1.807, 2.05) is 25.1 Å². The van der Waals surface area contributed by atoms with Gasteiger partial charge < -0.3 is 15.6 Å². The second kappa shape index (κ2) is 6.89. The first kappa shape index (κ1) is 13.5. The Morgan fingerprint density at radius 2 is 2.25 bits per heavy atom. The summed E-state index contributed by atoms with van der Waals surface area (Å²) in [5.41, 5.74) is 7.06. The van der Waals surface area contributed by atoms with Crippen molar-refractivity contribution in [3.8, 4) is 5.75 Å². The largest absolute Gasteiger partial charge is 0.494 e. The first-order valence-electron chi connectivity index (χ1n) is 5.47. The fourth-order valence-corrected chi connectivity index (χ4v) is 1.94. The van der Waals surface area contributed by atoms with Crippen molar-refractivity contribution in [3.63, 3.8) is 0 Å². The smallest absolute Gasteiger partial charge is 0.124 e. The molecule has 0 radical (unpaired) electrons. The molecule has 1 aromatic rings. The molecule has 0 aliphatic carbocycles. The predicted molar refractivity (Wildman–Crippen MR) is 68.6 cm³/mol. The fraction of sp³-hybridized carbons (Fsp3) is 0.500. The number of benzene rings is 1. The maximum atomic E-state index is 8.79. The molecule has 0 spiro atoms. The quantitative estimate of drug-likeness (QED) is 0.846. The molecule has 1 atom stereocenters. The average molecular weight is 288 g/mol. The molecule has 0 unspecified atom stereocenters. The van der Waals surface area contributed by atoms with Crippen LogP contribution in [0.4, 0.5) is 0 Å². The van der Waals surface area contributed by atoms with Crippen molar-refractivity contribution in [3.05, 3.63) is 28.2 Å². The third-order valence-electron chi connectivity index (χ3n) is 2.34. The van der Waals surface area contributed by atoms with E-state index in [9.17, 15) is 0 Å². The van der Waals surface area contributed by atoms with Gasteiger partial charge in [0.05, 0.1) is 6.61 Å². The molecule has 0 bridgehead atoms. The molecule has 3 N–H and O–H groups in total. The number of hydrogen-bond donors (Lipinski definition) is 2. The molecular weight excluding hydrogens is 270 g/mol. The third kappa shape index (κ3) is 3.77. The van der Waals surface area contributed by atoms with E-state index in [0.29, 0.717) is 13.0 Å². The summed E-state index contributed by atoms with van der Waals surface area (Å²) in [6.45, 7) is 2.75. The molecule has 0 saturated heterocycles. The van der Waals surface area contributed by atoms with Gasteiger partial charge in [0.2, 0.25) is 0 Å². The van der Waals surface area contributed by atoms with Gasteiger partial charge in [0.1, 0.15) is 5.75 Å². The maximum Gasteiger partial charge on any atom is 0.124 e. The van der Waals surface area contributed by atoms with E-state index in [2.05, 4.69) is 15.9 Å². The molecule has 0 amide bonds. The predicted octanol–water partition coefficient (Wildman–Crippen LogP) is 2.62. The molecule has 4 heteroatoms. The second-order valence-electron chi connectivity index (χ2n) is 3.59. The lowest BCUT2D eigenvalue weighted by molar-refractivity contribution is 0.278. The molecule has 90 valence electrons. The fourth-order valence-electron chi connectivity index (χ4n) is 1.56. The van der Waals surface area contributed by atoms with Gasteiger partial charge in [-0.15, -0.1) is 0 Å². The first-order valence-corrected chi connectivity index (χ1v) is 6.27. The van der Waals surface area contributed by atoms with E-state index in [1.54, 1.807) is 0 Å². The van der Waals surface area contributed by atoms with Gasteiger partial charge in [0, 0.05) is 22.7 Å². The number of aliphatic hydroxyl groups excluding tert-OH is 1. The zero-order valence-corrected chi connectivity index (χ0v) is 11.0. The second-order valence-corrected chi connectivity index (χ2v) is 4.50. The average Bonchev–Trinajstić information content (AvgIpc) is 2.28. The van der Waals surface area contributed by atoms with E-state index in [0.717, 1.165) is 22.2 Å². The normalized spacial score (nSPS) is 12.5. The highest BCUT2D eigenvalue weighted by atomic mass is 79.9. The van der Waals surface area contributed by atoms with Crippen molar-refractivity contribution >= 4 is 15.9 Å². The van der Waals surface area contributed by atoms with Gasteiger partial charge in [-0.1, -0.05) is 15.9 Å². The van der Waals surface area contributed by atoms with Crippen molar-refractivity contribution in [1.82, 2.24) is 0 Å². The molecule has 3 nitrogen and oxygen atoms in total. The summed E-state index contributed by atoms with van der Waals surface area (Å²) in [7, 11) is 0. The van der Waals surface area contributed by atoms with Crippen LogP contribution in [0.1, 0.15) is 31.4 Å². The van der Waals surface area contributed by atoms with E-state index >= 15 is 0 Å². The zero-order chi connectivity index (χ0) is 12.0. The summed E-state index contributed by atoms with van der Waals surface area (Å²) < 4.78 is 6.52. The van der Waals surface area contributed by atoms with Gasteiger partial charge in [-0.05, 0) is 38.0 Å². The van der Waals surface area contributed by atoms with Crippen LogP contribution in [-0.4, -0.2) is 18.3 Å². The molecule has 0 aliphatic heterocycles. The minimum Gasteiger partial charge on any atom is -0.494 e. The lowest BCUT2D eigenvalue weighted by Crippen LogP contribution is -2.12. The highest BCUT2D eigenvalue weighted by Crippen LogP contribution is 2.29. The Labute approximate surface area is 105 Å². The van der Waals surface area contributed by atoms with Crippen LogP contribution in [0.15, 0.2) is 22.7 Å². The first-order chi connectivity index (χ1) is 7.69. The Hall–Kier alpha value is -0.580. The Bertz CT molecular complexity index is 331. The number of rotatable bonds is 6. The van der Waals surface area contributed by atoms with Crippen molar-refractivity contribution in [1.29, 1.82) is 0 Å². The lowest BCUT2D eigenvalue weighted by Gasteiger charge is -2.16. The van der Waals surface area contributed by atoms with Gasteiger partial charge in [0.15, 0.2) is 0 Å². The Morgan fingerprint density at radius 1 is 1.50 bits per heavy atom. The number of aliphatic hydroxyl groups is 1. The topological polar surface area (TPSA) is 55.5 Å². The summed E-state index contributed by atoms with van der Waals surface area (Å²) in [5.74, 6) is 0.830. The van der Waals surface area contributed by atoms with Crippen molar-refractivity contribution in [2.45, 2.75) is 25.8 Å². The minimum absolute atomic E-state index is 0.0915. The molecule has 0 aliphatic rings. The van der Waals surface area contributed by atoms with Crippen LogP contribution in [0.3, 0.4) is 0 Å². The minimum atomic E-state index is -0.0915. The van der Waals surface area contributed by atoms with Crippen LogP contribution >= 0.6 is 15.9 Å². The van der Waals surface area contributed by atoms with Gasteiger partial charge in [-0.25, -0.2) is 0 Å². The molecule has 0 heterocycles. The number of hydrogen-bond acceptors (Lipinski definition) is 3. The van der Waals surface area contributed by atoms with Crippen molar-refractivity contribution < 1.29 is 9.84 Å². The number of halogens is 1. The SMILES string of the molecule is CCOc1ccc(Br)cc1[C@@H](N)CCCO. The monoisotopic (exact) mass is 287 g/mol. The standard InChI is InChI=1S/C12H18BrNO2/c1-2-16-12-6-5-9(13)8-10(12)11(14)4-3-7-15/h5-6,8,11,15H,2-4,7,14H2,1H3/t11-/m0/s1. The summed E-state index contributed by atoms with van der Waals surface area (Å²) in [6, 6.07) is 5.74. The van der Waals surface area contributed by atoms with Crippen molar-refractivity contribution in [2.24, 2.45) is 5.73 Å². The lowest BCUT2D eigenvalue weighted by atomic mass is 10.0. The molecule has 1 aromatic carbocycles. The molecular formula is C12H18BrNO2. The molecule has 16 heavy (non-hydrogen) atoms. The number of nitrogens with two attached hydrogens (primary N) is 1. The van der Waals surface area contributed by atoms with Gasteiger partial charge in [-0.3, -0.25) is 0 Å². The highest BCUT2D eigenvalue weighted by Gasteiger charge is 2.12. The van der Waals surface area contributed by atoms with Crippen LogP contribution < -0.4 is 10.5 Å². The van der Waals surface area contributed by atoms with E-state index in [4.69, 9.17) is 15.6 Å². The summed E-state index contributed by atoms with van der Waals surface area (Å²) in [5, 5.41) is 8.79. The molecule has 0 aromatic heterocycles. The molecule has 0 fully saturated rings. The Kier molecular flexibility index (Phi) is 5.80. The van der Waals surface area contributed by atoms with E-state index in [1.165, 1.54) is 0 Å². The van der Waals surface area contributed by atoms with Crippen molar-refractivity contribution in [2.75, 3.05) is 13.2 Å². The van der Waals surface area contributed by atoms with E-state index in [-0.39, 0.29) is 12.6 Å². The summed E-state index contributed by atoms with van der Waals surface area (Å²) in [4.78, 5) is 0. The Balaban J connectivity index is 2.85. The highest BCUT2D eigenvalue weighted by molar-refractivity contribution is 9.10. The maximum absolute atomic E-state index is 8.79. The van der Waals surface area contributed by atoms with Crippen LogP contribution in [-0.2, 0) is 0 Å². The van der Waals surface area contributed by atoms with Crippen LogP contribution in [0.5, 0.6) is 5.75 Å². The van der Waals surface area contributed by atoms with Crippen LogP contribution in [0.25, 0.3) is 0 Å². The third-order valence-corrected chi connectivity index (χ3v) is 2.84.